The van der Waals surface area contributed by atoms with Crippen LogP contribution in [0.2, 0.25) is 0 Å². The first kappa shape index (κ1) is 55.2. The van der Waals surface area contributed by atoms with Crippen molar-refractivity contribution in [2.45, 2.75) is 249 Å². The second-order valence-electron chi connectivity index (χ2n) is 16.9. The van der Waals surface area contributed by atoms with E-state index in [1.165, 1.54) is 141 Å². The van der Waals surface area contributed by atoms with E-state index in [0.29, 0.717) is 6.42 Å². The van der Waals surface area contributed by atoms with Crippen LogP contribution in [0.1, 0.15) is 206 Å². The number of ether oxygens (including phenoxy) is 2. The van der Waals surface area contributed by atoms with Gasteiger partial charge in [0, 0.05) is 6.42 Å². The molecule has 0 saturated carbocycles. The number of aliphatic hydroxyl groups excluding tert-OH is 5. The Morgan fingerprint density at radius 2 is 1.02 bits per heavy atom. The van der Waals surface area contributed by atoms with Crippen LogP contribution in [0.5, 0.6) is 0 Å². The van der Waals surface area contributed by atoms with Gasteiger partial charge in [0.15, 0.2) is 6.29 Å². The average Bonchev–Trinajstić information content (AvgIpc) is 3.23. The Bertz CT molecular complexity index is 1060. The molecule has 0 aliphatic carbocycles. The number of carbonyl (C=O) groups is 1. The Balaban J connectivity index is 2.19. The average molecular weight is 834 g/mol. The zero-order valence-corrected chi connectivity index (χ0v) is 37.7. The van der Waals surface area contributed by atoms with Gasteiger partial charge in [-0.2, -0.15) is 0 Å². The molecule has 1 fully saturated rings. The molecule has 0 radical (unpaired) electrons. The summed E-state index contributed by atoms with van der Waals surface area (Å²) >= 11 is 0. The minimum atomic E-state index is -1.57. The summed E-state index contributed by atoms with van der Waals surface area (Å²) in [6.45, 7) is 3.70. The van der Waals surface area contributed by atoms with E-state index in [2.05, 4.69) is 55.6 Å². The molecule has 1 heterocycles. The predicted octanol–water partition coefficient (Wildman–Crippen LogP) is 10.6. The molecule has 0 aromatic heterocycles. The number of carbonyl (C=O) groups excluding carboxylic acids is 1. The molecule has 6 N–H and O–H groups in total. The molecule has 7 unspecified atom stereocenters. The maximum absolute atomic E-state index is 12.9. The molecule has 1 aliphatic heterocycles. The van der Waals surface area contributed by atoms with Crippen LogP contribution in [0.3, 0.4) is 0 Å². The number of rotatable bonds is 40. The van der Waals surface area contributed by atoms with E-state index < -0.39 is 49.5 Å². The van der Waals surface area contributed by atoms with Crippen molar-refractivity contribution in [3.8, 4) is 0 Å². The summed E-state index contributed by atoms with van der Waals surface area (Å²) in [6.07, 6.45) is 44.7. The second-order valence-corrected chi connectivity index (χ2v) is 16.9. The lowest BCUT2D eigenvalue weighted by atomic mass is 9.99. The van der Waals surface area contributed by atoms with E-state index in [-0.39, 0.29) is 12.5 Å². The fourth-order valence-corrected chi connectivity index (χ4v) is 7.44. The van der Waals surface area contributed by atoms with E-state index in [1.807, 2.05) is 6.08 Å². The van der Waals surface area contributed by atoms with Crippen LogP contribution < -0.4 is 5.32 Å². The van der Waals surface area contributed by atoms with Gasteiger partial charge in [0.05, 0.1) is 25.4 Å². The van der Waals surface area contributed by atoms with E-state index >= 15 is 0 Å². The molecule has 0 bridgehead atoms. The number of nitrogens with one attached hydrogen (secondary N) is 1. The molecule has 0 aromatic carbocycles. The summed E-state index contributed by atoms with van der Waals surface area (Å²) in [4.78, 5) is 12.9. The minimum Gasteiger partial charge on any atom is -0.394 e. The van der Waals surface area contributed by atoms with Crippen molar-refractivity contribution in [1.29, 1.82) is 0 Å². The van der Waals surface area contributed by atoms with Crippen molar-refractivity contribution in [2.75, 3.05) is 13.2 Å². The Morgan fingerprint density at radius 3 is 1.56 bits per heavy atom. The normalized spacial score (nSPS) is 21.1. The molecular weight excluding hydrogens is 743 g/mol. The van der Waals surface area contributed by atoms with Crippen LogP contribution in [0.15, 0.2) is 48.6 Å². The zero-order chi connectivity index (χ0) is 43.0. The van der Waals surface area contributed by atoms with E-state index in [0.717, 1.165) is 44.9 Å². The van der Waals surface area contributed by atoms with Crippen LogP contribution in [0.4, 0.5) is 0 Å². The van der Waals surface area contributed by atoms with Crippen LogP contribution in [0.25, 0.3) is 0 Å². The molecular formula is C50H91NO8. The number of unbranched alkanes of at least 4 members (excludes halogenated alkanes) is 24. The number of hydrogen-bond acceptors (Lipinski definition) is 8. The zero-order valence-electron chi connectivity index (χ0n) is 37.7. The third-order valence-electron chi connectivity index (χ3n) is 11.4. The lowest BCUT2D eigenvalue weighted by Gasteiger charge is -2.40. The summed E-state index contributed by atoms with van der Waals surface area (Å²) in [5.41, 5.74) is 0. The van der Waals surface area contributed by atoms with Crippen molar-refractivity contribution in [3.63, 3.8) is 0 Å². The van der Waals surface area contributed by atoms with Crippen molar-refractivity contribution in [2.24, 2.45) is 0 Å². The summed E-state index contributed by atoms with van der Waals surface area (Å²) in [6, 6.07) is -0.821. The number of amides is 1. The van der Waals surface area contributed by atoms with E-state index in [4.69, 9.17) is 9.47 Å². The van der Waals surface area contributed by atoms with Crippen molar-refractivity contribution in [1.82, 2.24) is 5.32 Å². The smallest absolute Gasteiger partial charge is 0.220 e. The van der Waals surface area contributed by atoms with Gasteiger partial charge in [-0.15, -0.1) is 0 Å². The van der Waals surface area contributed by atoms with E-state index in [1.54, 1.807) is 6.08 Å². The SMILES string of the molecule is CCCCC/C=C/CC/C=C/C(O)C(COC1OC(CO)C(O)C(O)C1O)NC(=O)CCCCCCCCCCCCC/C=C\C/C=C\CCCCCCCCCCC. The minimum absolute atomic E-state index is 0.193. The topological polar surface area (TPSA) is 149 Å². The monoisotopic (exact) mass is 834 g/mol. The maximum atomic E-state index is 12.9. The van der Waals surface area contributed by atoms with Crippen LogP contribution in [-0.2, 0) is 14.3 Å². The molecule has 1 amide bonds. The highest BCUT2D eigenvalue weighted by atomic mass is 16.7. The largest absolute Gasteiger partial charge is 0.394 e. The summed E-state index contributed by atoms with van der Waals surface area (Å²) in [7, 11) is 0. The molecule has 1 saturated heterocycles. The van der Waals surface area contributed by atoms with Crippen LogP contribution in [-0.4, -0.2) is 87.5 Å². The van der Waals surface area contributed by atoms with Crippen LogP contribution in [0, 0.1) is 0 Å². The molecule has 9 nitrogen and oxygen atoms in total. The molecule has 1 aliphatic rings. The molecule has 0 aromatic rings. The van der Waals surface area contributed by atoms with Gasteiger partial charge in [0.2, 0.25) is 5.91 Å². The third-order valence-corrected chi connectivity index (χ3v) is 11.4. The Hall–Kier alpha value is -1.85. The van der Waals surface area contributed by atoms with Gasteiger partial charge >= 0.3 is 0 Å². The first-order valence-electron chi connectivity index (χ1n) is 24.4. The molecule has 7 atom stereocenters. The quantitative estimate of drug-likeness (QED) is 0.0264. The fraction of sp³-hybridized carbons (Fsp3) is 0.820. The molecule has 1 rings (SSSR count). The van der Waals surface area contributed by atoms with Crippen molar-refractivity contribution in [3.05, 3.63) is 48.6 Å². The lowest BCUT2D eigenvalue weighted by molar-refractivity contribution is -0.302. The first-order chi connectivity index (χ1) is 28.8. The molecule has 0 spiro atoms. The van der Waals surface area contributed by atoms with Gasteiger partial charge in [0.1, 0.15) is 24.4 Å². The fourth-order valence-electron chi connectivity index (χ4n) is 7.44. The highest BCUT2D eigenvalue weighted by Gasteiger charge is 2.44. The summed E-state index contributed by atoms with van der Waals surface area (Å²) in [5, 5.41) is 54.0. The second kappa shape index (κ2) is 40.2. The van der Waals surface area contributed by atoms with E-state index in [9.17, 15) is 30.3 Å². The number of hydrogen-bond donors (Lipinski definition) is 6. The number of allylic oxidation sites excluding steroid dienone is 7. The Labute approximate surface area is 361 Å². The molecule has 344 valence electrons. The highest BCUT2D eigenvalue weighted by molar-refractivity contribution is 5.76. The Morgan fingerprint density at radius 1 is 0.576 bits per heavy atom. The highest BCUT2D eigenvalue weighted by Crippen LogP contribution is 2.22. The maximum Gasteiger partial charge on any atom is 0.220 e. The third kappa shape index (κ3) is 30.8. The van der Waals surface area contributed by atoms with Gasteiger partial charge in [-0.25, -0.2) is 0 Å². The van der Waals surface area contributed by atoms with Gasteiger partial charge in [-0.3, -0.25) is 4.79 Å². The molecule has 9 heteroatoms. The predicted molar refractivity (Wildman–Crippen MR) is 244 cm³/mol. The standard InChI is InChI=1S/C50H91NO8/c1-3-5-7-9-11-13-14-15-16-17-18-19-20-21-22-23-24-25-26-27-28-29-30-32-34-36-38-40-46(54)51-43(44(53)39-37-35-33-31-12-10-8-6-4-2)42-58-50-49(57)48(56)47(55)45(41-52)59-50/h12,18-19,21-22,31,37,39,43-45,47-50,52-53,55-57H,3-11,13-17,20,23-30,32-36,38,40-42H2,1-2H3,(H,51,54)/b19-18-,22-21-,31-12+,39-37+. The first-order valence-corrected chi connectivity index (χ1v) is 24.4. The summed E-state index contributed by atoms with van der Waals surface area (Å²) < 4.78 is 11.2. The van der Waals surface area contributed by atoms with Gasteiger partial charge in [-0.1, -0.05) is 184 Å². The van der Waals surface area contributed by atoms with Gasteiger partial charge < -0.3 is 40.3 Å². The number of aliphatic hydroxyl groups is 5. The van der Waals surface area contributed by atoms with Gasteiger partial charge in [-0.05, 0) is 64.2 Å². The van der Waals surface area contributed by atoms with Crippen molar-refractivity contribution < 1.29 is 39.8 Å². The Kier molecular flexibility index (Phi) is 37.6. The van der Waals surface area contributed by atoms with Crippen molar-refractivity contribution >= 4 is 5.91 Å². The summed E-state index contributed by atoms with van der Waals surface area (Å²) in [5.74, 6) is -0.193. The lowest BCUT2D eigenvalue weighted by Crippen LogP contribution is -2.60. The van der Waals surface area contributed by atoms with Gasteiger partial charge in [0.25, 0.3) is 0 Å². The van der Waals surface area contributed by atoms with Crippen LogP contribution >= 0.6 is 0 Å². The molecule has 59 heavy (non-hydrogen) atoms.